The Hall–Kier alpha value is -3.26. The van der Waals surface area contributed by atoms with E-state index in [2.05, 4.69) is 79.3 Å². The van der Waals surface area contributed by atoms with Crippen molar-refractivity contribution in [3.05, 3.63) is 83.6 Å². The summed E-state index contributed by atoms with van der Waals surface area (Å²) in [4.78, 5) is 5.17. The first-order chi connectivity index (χ1) is 13.2. The van der Waals surface area contributed by atoms with E-state index in [1.165, 1.54) is 43.8 Å². The number of benzene rings is 4. The number of hydrogen-bond donors (Lipinski definition) is 0. The van der Waals surface area contributed by atoms with Gasteiger partial charge in [-0.25, -0.2) is 4.98 Å². The molecule has 2 heteroatoms. The minimum absolute atomic E-state index is 1.02. The molecular weight excluding hydrogens is 328 g/mol. The average molecular weight is 347 g/mol. The average Bonchev–Trinajstić information content (AvgIpc) is 3.08. The largest absolute Gasteiger partial charge is 0.239 e. The van der Waals surface area contributed by atoms with Crippen molar-refractivity contribution in [3.63, 3.8) is 0 Å². The number of aromatic nitrogens is 2. The maximum absolute atomic E-state index is 5.17. The number of aryl methyl sites for hydroxylation is 2. The van der Waals surface area contributed by atoms with Crippen LogP contribution >= 0.6 is 0 Å². The molecule has 0 radical (unpaired) electrons. The lowest BCUT2D eigenvalue weighted by Gasteiger charge is -2.11. The van der Waals surface area contributed by atoms with Crippen LogP contribution in [0.5, 0.6) is 0 Å². The maximum atomic E-state index is 5.17. The van der Waals surface area contributed by atoms with E-state index >= 15 is 0 Å². The molecule has 2 nitrogen and oxygen atoms in total. The Labute approximate surface area is 157 Å². The second kappa shape index (κ2) is 5.14. The van der Waals surface area contributed by atoms with Gasteiger partial charge in [0.2, 0.25) is 5.52 Å². The summed E-state index contributed by atoms with van der Waals surface area (Å²) in [6.07, 6.45) is 3.19. The van der Waals surface area contributed by atoms with Crippen LogP contribution in [0.2, 0.25) is 0 Å². The molecule has 0 fully saturated rings. The fourth-order valence-electron chi connectivity index (χ4n) is 4.78. The summed E-state index contributed by atoms with van der Waals surface area (Å²) >= 11 is 0. The van der Waals surface area contributed by atoms with E-state index < -0.39 is 0 Å². The third kappa shape index (κ3) is 1.90. The SMILES string of the molecule is Cc1ccc2c3c4c(cccc4c4nc(-c5ccccc5)c[n+](C)c4c13)C2. The third-order valence-corrected chi connectivity index (χ3v) is 5.97. The van der Waals surface area contributed by atoms with Crippen LogP contribution in [0.3, 0.4) is 0 Å². The standard InChI is InChI=1S/C25H19N2/c1-15-11-12-18-13-17-9-6-10-19-22(17)23(18)21(15)25-24(19)26-20(14-27(25)2)16-7-4-3-5-8-16/h3-12,14H,13H2,1-2H3/q+1. The predicted molar refractivity (Wildman–Crippen MR) is 111 cm³/mol. The minimum atomic E-state index is 1.02. The first-order valence-electron chi connectivity index (χ1n) is 9.44. The summed E-state index contributed by atoms with van der Waals surface area (Å²) in [5.74, 6) is 0. The summed E-state index contributed by atoms with van der Waals surface area (Å²) in [5.41, 5.74) is 8.69. The molecule has 0 spiro atoms. The van der Waals surface area contributed by atoms with Crippen LogP contribution in [0.1, 0.15) is 16.7 Å². The lowest BCUT2D eigenvalue weighted by molar-refractivity contribution is -0.643. The van der Waals surface area contributed by atoms with Crippen molar-refractivity contribution in [2.45, 2.75) is 13.3 Å². The zero-order valence-corrected chi connectivity index (χ0v) is 15.5. The lowest BCUT2D eigenvalue weighted by atomic mass is 9.96. The quantitative estimate of drug-likeness (QED) is 0.293. The van der Waals surface area contributed by atoms with Gasteiger partial charge in [-0.15, -0.1) is 0 Å². The van der Waals surface area contributed by atoms with Gasteiger partial charge in [-0.1, -0.05) is 60.7 Å². The molecule has 128 valence electrons. The number of fused-ring (bicyclic) bond motifs is 3. The van der Waals surface area contributed by atoms with E-state index in [1.54, 1.807) is 0 Å². The Morgan fingerprint density at radius 1 is 0.815 bits per heavy atom. The van der Waals surface area contributed by atoms with Gasteiger partial charge >= 0.3 is 0 Å². The Morgan fingerprint density at radius 2 is 1.63 bits per heavy atom. The molecular formula is C25H19N2+. The second-order valence-corrected chi connectivity index (χ2v) is 7.61. The summed E-state index contributed by atoms with van der Waals surface area (Å²) in [6, 6.07) is 21.7. The van der Waals surface area contributed by atoms with Crippen LogP contribution in [0, 0.1) is 6.92 Å². The van der Waals surface area contributed by atoms with Crippen molar-refractivity contribution in [2.75, 3.05) is 0 Å². The molecule has 1 heterocycles. The molecule has 0 bridgehead atoms. The minimum Gasteiger partial charge on any atom is -0.234 e. The molecule has 0 N–H and O–H groups in total. The molecule has 0 atom stereocenters. The van der Waals surface area contributed by atoms with Crippen LogP contribution in [-0.4, -0.2) is 4.98 Å². The molecule has 1 aliphatic carbocycles. The molecule has 1 aromatic heterocycles. The maximum Gasteiger partial charge on any atom is 0.239 e. The van der Waals surface area contributed by atoms with Crippen molar-refractivity contribution in [2.24, 2.45) is 7.05 Å². The first kappa shape index (κ1) is 14.9. The molecule has 4 aromatic carbocycles. The summed E-state index contributed by atoms with van der Waals surface area (Å²) in [6.45, 7) is 2.22. The van der Waals surface area contributed by atoms with E-state index in [0.717, 1.165) is 23.2 Å². The number of nitrogens with zero attached hydrogens (tertiary/aromatic N) is 2. The summed E-state index contributed by atoms with van der Waals surface area (Å²) < 4.78 is 2.27. The lowest BCUT2D eigenvalue weighted by Crippen LogP contribution is -2.30. The van der Waals surface area contributed by atoms with Gasteiger partial charge in [0.05, 0.1) is 5.39 Å². The van der Waals surface area contributed by atoms with Crippen LogP contribution in [-0.2, 0) is 13.5 Å². The summed E-state index contributed by atoms with van der Waals surface area (Å²) in [7, 11) is 2.15. The van der Waals surface area contributed by atoms with E-state index in [9.17, 15) is 0 Å². The Bertz CT molecular complexity index is 1400. The highest BCUT2D eigenvalue weighted by molar-refractivity contribution is 6.26. The molecule has 5 aromatic rings. The van der Waals surface area contributed by atoms with Gasteiger partial charge in [0, 0.05) is 16.3 Å². The normalized spacial score (nSPS) is 12.7. The van der Waals surface area contributed by atoms with Gasteiger partial charge in [0.1, 0.15) is 18.3 Å². The van der Waals surface area contributed by atoms with Crippen molar-refractivity contribution in [3.8, 4) is 11.3 Å². The molecule has 6 rings (SSSR count). The van der Waals surface area contributed by atoms with Gasteiger partial charge in [-0.05, 0) is 35.4 Å². The van der Waals surface area contributed by atoms with Crippen LogP contribution in [0.4, 0.5) is 0 Å². The van der Waals surface area contributed by atoms with Crippen LogP contribution in [0.25, 0.3) is 43.8 Å². The molecule has 0 aliphatic heterocycles. The molecule has 0 saturated carbocycles. The fourth-order valence-corrected chi connectivity index (χ4v) is 4.78. The molecule has 0 unspecified atom stereocenters. The summed E-state index contributed by atoms with van der Waals surface area (Å²) in [5, 5.41) is 5.46. The van der Waals surface area contributed by atoms with Crippen molar-refractivity contribution >= 4 is 32.6 Å². The van der Waals surface area contributed by atoms with Crippen molar-refractivity contribution in [1.82, 2.24) is 4.98 Å². The Kier molecular flexibility index (Phi) is 2.83. The molecule has 1 aliphatic rings. The fraction of sp³-hybridized carbons (Fsp3) is 0.120. The van der Waals surface area contributed by atoms with Gasteiger partial charge in [0.15, 0.2) is 6.20 Å². The number of hydrogen-bond acceptors (Lipinski definition) is 1. The molecule has 0 amide bonds. The van der Waals surface area contributed by atoms with Crippen LogP contribution in [0.15, 0.2) is 66.9 Å². The number of rotatable bonds is 1. The Morgan fingerprint density at radius 3 is 2.48 bits per heavy atom. The van der Waals surface area contributed by atoms with Gasteiger partial charge in [-0.2, -0.15) is 4.57 Å². The monoisotopic (exact) mass is 347 g/mol. The van der Waals surface area contributed by atoms with Crippen molar-refractivity contribution < 1.29 is 4.57 Å². The second-order valence-electron chi connectivity index (χ2n) is 7.61. The predicted octanol–water partition coefficient (Wildman–Crippen LogP) is 5.25. The van der Waals surface area contributed by atoms with E-state index in [4.69, 9.17) is 4.98 Å². The highest BCUT2D eigenvalue weighted by Crippen LogP contribution is 2.43. The zero-order valence-electron chi connectivity index (χ0n) is 15.5. The zero-order chi connectivity index (χ0) is 18.1. The van der Waals surface area contributed by atoms with Gasteiger partial charge in [0.25, 0.3) is 0 Å². The first-order valence-corrected chi connectivity index (χ1v) is 9.44. The highest BCUT2D eigenvalue weighted by atomic mass is 15.0. The van der Waals surface area contributed by atoms with Crippen LogP contribution < -0.4 is 4.57 Å². The third-order valence-electron chi connectivity index (χ3n) is 5.97. The molecule has 27 heavy (non-hydrogen) atoms. The van der Waals surface area contributed by atoms with Gasteiger partial charge in [-0.3, -0.25) is 0 Å². The van der Waals surface area contributed by atoms with E-state index in [0.29, 0.717) is 0 Å². The van der Waals surface area contributed by atoms with E-state index in [-0.39, 0.29) is 0 Å². The topological polar surface area (TPSA) is 16.8 Å². The molecule has 0 saturated heterocycles. The van der Waals surface area contributed by atoms with Crippen molar-refractivity contribution in [1.29, 1.82) is 0 Å². The van der Waals surface area contributed by atoms with Gasteiger partial charge < -0.3 is 0 Å². The highest BCUT2D eigenvalue weighted by Gasteiger charge is 2.26. The van der Waals surface area contributed by atoms with E-state index in [1.807, 2.05) is 6.07 Å². The smallest absolute Gasteiger partial charge is 0.234 e. The Balaban J connectivity index is 1.89.